The molecule has 0 saturated heterocycles. The molecule has 2 aliphatic carbocycles. The molecular formula is C56H97N10O8PSi4. The number of anilines is 2. The number of nitriles is 2. The first-order valence-electron chi connectivity index (χ1n) is 28.6. The lowest BCUT2D eigenvalue weighted by molar-refractivity contribution is -0.120. The maximum Gasteiger partial charge on any atom is 0.344 e. The summed E-state index contributed by atoms with van der Waals surface area (Å²) in [5.41, 5.74) is 5.07. The molecule has 79 heavy (non-hydrogen) atoms. The molecule has 4 aromatic heterocycles. The van der Waals surface area contributed by atoms with Gasteiger partial charge in [0, 0.05) is 125 Å². The average molecular weight is 1180 g/mol. The van der Waals surface area contributed by atoms with Gasteiger partial charge in [0.15, 0.2) is 11.3 Å². The van der Waals surface area contributed by atoms with Crippen molar-refractivity contribution < 1.29 is 37.4 Å². The van der Waals surface area contributed by atoms with Crippen molar-refractivity contribution in [2.24, 2.45) is 0 Å². The molecule has 0 bridgehead atoms. The number of nitrogens with zero attached hydrogens (tertiary/aromatic N) is 10. The van der Waals surface area contributed by atoms with E-state index in [2.05, 4.69) is 117 Å². The number of Topliss-reactive ketones (excluding diaryl/α,β-unsaturated/α-hetero) is 1. The highest BCUT2D eigenvalue weighted by molar-refractivity contribution is 7.54. The number of hydrogen-bond acceptors (Lipinski definition) is 16. The summed E-state index contributed by atoms with van der Waals surface area (Å²) in [5.74, 6) is 2.97. The van der Waals surface area contributed by atoms with E-state index in [4.69, 9.17) is 48.5 Å². The Morgan fingerprint density at radius 3 is 1.28 bits per heavy atom. The van der Waals surface area contributed by atoms with Crippen molar-refractivity contribution in [1.82, 2.24) is 29.2 Å². The first-order valence-corrected chi connectivity index (χ1v) is 45.2. The summed E-state index contributed by atoms with van der Waals surface area (Å²) in [6.45, 7) is 37.3. The molecule has 0 spiro atoms. The number of rotatable bonds is 29. The van der Waals surface area contributed by atoms with Crippen LogP contribution in [0.3, 0.4) is 0 Å². The summed E-state index contributed by atoms with van der Waals surface area (Å²) in [6, 6.07) is 16.7. The summed E-state index contributed by atoms with van der Waals surface area (Å²) >= 11 is 0. The van der Waals surface area contributed by atoms with Crippen LogP contribution in [0.5, 0.6) is 0 Å². The molecular weight excluding hydrogens is 1080 g/mol. The van der Waals surface area contributed by atoms with Gasteiger partial charge in [0.05, 0.1) is 37.7 Å². The molecule has 0 N–H and O–H groups in total. The Kier molecular flexibility index (Phi) is 27.9. The quantitative estimate of drug-likeness (QED) is 0.0163. The Morgan fingerprint density at radius 2 is 0.962 bits per heavy atom. The number of carbonyl (C=O) groups excluding carboxylic acids is 1. The fourth-order valence-electron chi connectivity index (χ4n) is 8.62. The molecule has 18 nitrogen and oxygen atoms in total. The van der Waals surface area contributed by atoms with Gasteiger partial charge in [-0.05, 0) is 76.5 Å². The van der Waals surface area contributed by atoms with Crippen LogP contribution in [-0.4, -0.2) is 140 Å². The Morgan fingerprint density at radius 1 is 0.608 bits per heavy atom. The van der Waals surface area contributed by atoms with Crippen molar-refractivity contribution in [2.75, 3.05) is 82.5 Å². The fraction of sp³-hybridized carbons (Fsp3) is 0.696. The van der Waals surface area contributed by atoms with Crippen molar-refractivity contribution in [1.29, 1.82) is 10.5 Å². The molecule has 6 rings (SSSR count). The number of aromatic nitrogens is 6. The normalized spacial score (nSPS) is 15.7. The standard InChI is InChI=1S/C26H43N5O2Si2.C24H42N4O3Si2.C6H12NO3P/c1-34(2,3)17-15-32-20-30(21-33-16-18-35(4,5)6)26-19-24(29-25-12-14-28-31(25)26)23-9-7-22(8-10-23)11-13-27;1-32(2,3)15-13-30-18-27(19-31-14-16-33(4,5)6)24-17-22(20-7-9-21(29)10-8-20)26-23-11-12-25-28(23)24;1-3-9-11(8,6-5-7)10-4-2/h11-12,14,19,23H,7-10,15-18,20-21H2,1-6H3;11-12,17,20H,7-10,13-16,18-19H2,1-6H3;3-4,6H2,1-2H3. The lowest BCUT2D eigenvalue weighted by Crippen LogP contribution is -2.33. The van der Waals surface area contributed by atoms with Gasteiger partial charge in [-0.1, -0.05) is 84.1 Å². The Labute approximate surface area is 477 Å². The van der Waals surface area contributed by atoms with Gasteiger partial charge in [-0.15, -0.1) is 0 Å². The van der Waals surface area contributed by atoms with Gasteiger partial charge in [0.25, 0.3) is 0 Å². The molecule has 0 amide bonds. The summed E-state index contributed by atoms with van der Waals surface area (Å²) in [5, 5.41) is 26.4. The lowest BCUT2D eigenvalue weighted by Gasteiger charge is -2.28. The molecule has 4 aromatic rings. The zero-order valence-corrected chi connectivity index (χ0v) is 55.5. The maximum absolute atomic E-state index is 11.8. The number of carbonyl (C=O) groups is 1. The fourth-order valence-corrected chi connectivity index (χ4v) is 12.9. The van der Waals surface area contributed by atoms with E-state index in [0.29, 0.717) is 70.6 Å². The number of hydrogen-bond donors (Lipinski definition) is 0. The second kappa shape index (κ2) is 32.7. The van der Waals surface area contributed by atoms with Crippen LogP contribution in [0.25, 0.3) is 11.3 Å². The van der Waals surface area contributed by atoms with E-state index in [1.54, 1.807) is 38.4 Å². The topological polar surface area (TPSA) is 204 Å². The van der Waals surface area contributed by atoms with Crippen LogP contribution in [0.2, 0.25) is 103 Å². The maximum atomic E-state index is 11.8. The van der Waals surface area contributed by atoms with E-state index in [9.17, 15) is 9.36 Å². The molecule has 0 radical (unpaired) electrons. The minimum atomic E-state index is -3.08. The lowest BCUT2D eigenvalue weighted by atomic mass is 9.83. The SMILES string of the molecule is CCOP(=O)(CC#N)OCC.C[Si](C)(C)CCOCN(COCC[Si](C)(C)C)c1cc(C2CCC(=CC#N)CC2)nc2ccnn12.C[Si](C)(C)CCOCN(COCC[Si](C)(C)C)c1cc(C2CCC(=O)CC2)nc2ccnn12. The third-order valence-corrected chi connectivity index (χ3v) is 22.2. The minimum absolute atomic E-state index is 0.172. The number of fused-ring (bicyclic) bond motifs is 2. The number of allylic oxidation sites excluding steroid dienone is 2. The van der Waals surface area contributed by atoms with Crippen molar-refractivity contribution >= 4 is 68.6 Å². The minimum Gasteiger partial charge on any atom is -0.361 e. The smallest absolute Gasteiger partial charge is 0.344 e. The molecule has 2 saturated carbocycles. The monoisotopic (exact) mass is 1180 g/mol. The second-order valence-electron chi connectivity index (χ2n) is 25.5. The van der Waals surface area contributed by atoms with Crippen LogP contribution in [0.4, 0.5) is 11.6 Å². The highest BCUT2D eigenvalue weighted by Gasteiger charge is 2.27. The molecule has 0 atom stereocenters. The van der Waals surface area contributed by atoms with Crippen LogP contribution in [0.1, 0.15) is 88.4 Å². The van der Waals surface area contributed by atoms with Crippen LogP contribution in [0, 0.1) is 22.7 Å². The molecule has 0 unspecified atom stereocenters. The van der Waals surface area contributed by atoms with Crippen LogP contribution in [0.15, 0.2) is 48.3 Å². The van der Waals surface area contributed by atoms with Gasteiger partial charge in [-0.2, -0.15) is 29.8 Å². The third kappa shape index (κ3) is 25.4. The first kappa shape index (κ1) is 67.6. The Bertz CT molecular complexity index is 2570. The molecule has 0 aliphatic heterocycles. The van der Waals surface area contributed by atoms with E-state index in [1.165, 1.54) is 5.57 Å². The van der Waals surface area contributed by atoms with Crippen LogP contribution in [-0.2, 0) is 37.4 Å². The van der Waals surface area contributed by atoms with Crippen molar-refractivity contribution in [3.63, 3.8) is 0 Å². The van der Waals surface area contributed by atoms with E-state index in [-0.39, 0.29) is 6.16 Å². The van der Waals surface area contributed by atoms with Gasteiger partial charge >= 0.3 is 7.60 Å². The predicted octanol–water partition coefficient (Wildman–Crippen LogP) is 13.4. The zero-order valence-electron chi connectivity index (χ0n) is 50.6. The summed E-state index contributed by atoms with van der Waals surface area (Å²) < 4.78 is 49.4. The third-order valence-electron chi connectivity index (χ3n) is 13.5. The number of ketones is 1. The summed E-state index contributed by atoms with van der Waals surface area (Å²) in [7, 11) is -7.71. The van der Waals surface area contributed by atoms with Gasteiger partial charge in [0.2, 0.25) is 0 Å². The summed E-state index contributed by atoms with van der Waals surface area (Å²) in [4.78, 5) is 25.9. The Balaban J connectivity index is 0.000000287. The predicted molar refractivity (Wildman–Crippen MR) is 329 cm³/mol. The molecule has 440 valence electrons. The van der Waals surface area contributed by atoms with Crippen molar-refractivity contribution in [3.8, 4) is 12.1 Å². The van der Waals surface area contributed by atoms with E-state index < -0.39 is 39.9 Å². The van der Waals surface area contributed by atoms with Crippen molar-refractivity contribution in [3.05, 3.63) is 59.7 Å². The van der Waals surface area contributed by atoms with Crippen LogP contribution >= 0.6 is 7.60 Å². The van der Waals surface area contributed by atoms with Crippen molar-refractivity contribution in [2.45, 2.75) is 180 Å². The molecule has 2 fully saturated rings. The first-order chi connectivity index (χ1) is 37.3. The van der Waals surface area contributed by atoms with Gasteiger partial charge < -0.3 is 37.8 Å². The van der Waals surface area contributed by atoms with Gasteiger partial charge in [0.1, 0.15) is 50.5 Å². The summed E-state index contributed by atoms with van der Waals surface area (Å²) in [6.07, 6.45) is 12.1. The molecule has 2 aliphatic rings. The molecule has 0 aromatic carbocycles. The van der Waals surface area contributed by atoms with E-state index in [1.807, 2.05) is 21.2 Å². The Hall–Kier alpha value is -3.91. The molecule has 4 heterocycles. The van der Waals surface area contributed by atoms with Gasteiger partial charge in [-0.3, -0.25) is 9.36 Å². The molecule has 23 heteroatoms. The highest BCUT2D eigenvalue weighted by Crippen LogP contribution is 2.47. The number of ether oxygens (including phenoxy) is 4. The van der Waals surface area contributed by atoms with Crippen LogP contribution < -0.4 is 9.80 Å². The largest absolute Gasteiger partial charge is 0.361 e. The van der Waals surface area contributed by atoms with E-state index >= 15 is 0 Å². The van der Waals surface area contributed by atoms with Gasteiger partial charge in [-0.25, -0.2) is 9.97 Å². The zero-order chi connectivity index (χ0) is 58.3. The highest BCUT2D eigenvalue weighted by atomic mass is 31.2. The second-order valence-corrected chi connectivity index (χ2v) is 50.1. The van der Waals surface area contributed by atoms with E-state index in [0.717, 1.165) is 123 Å². The average Bonchev–Trinajstić information content (AvgIpc) is 4.13.